The number of aromatic nitrogens is 2. The lowest BCUT2D eigenvalue weighted by Crippen LogP contribution is -1.93. The minimum Gasteiger partial charge on any atom is -0.437 e. The van der Waals surface area contributed by atoms with E-state index in [0.29, 0.717) is 28.2 Å². The Morgan fingerprint density at radius 3 is 2.65 bits per heavy atom. The summed E-state index contributed by atoms with van der Waals surface area (Å²) in [6.07, 6.45) is 3.14. The average Bonchev–Trinajstić information content (AvgIpc) is 2.34. The molecular weight excluding hydrogens is 259 g/mol. The predicted molar refractivity (Wildman–Crippen MR) is 67.9 cm³/mol. The Kier molecular flexibility index (Phi) is 3.82. The summed E-state index contributed by atoms with van der Waals surface area (Å²) < 4.78 is 5.59. The van der Waals surface area contributed by atoms with Crippen LogP contribution in [-0.2, 0) is 5.88 Å². The van der Waals surface area contributed by atoms with E-state index >= 15 is 0 Å². The molecule has 0 unspecified atom stereocenters. The number of hydrogen-bond donors (Lipinski definition) is 0. The van der Waals surface area contributed by atoms with Crippen molar-refractivity contribution in [2.75, 3.05) is 0 Å². The van der Waals surface area contributed by atoms with Gasteiger partial charge in [-0.05, 0) is 30.7 Å². The molecule has 0 atom stereocenters. The number of halogens is 2. The van der Waals surface area contributed by atoms with Crippen molar-refractivity contribution in [3.63, 3.8) is 0 Å². The van der Waals surface area contributed by atoms with Crippen molar-refractivity contribution in [2.45, 2.75) is 12.8 Å². The molecule has 5 heteroatoms. The summed E-state index contributed by atoms with van der Waals surface area (Å²) in [4.78, 5) is 8.20. The molecule has 0 aliphatic rings. The number of aryl methyl sites for hydroxylation is 1. The Morgan fingerprint density at radius 1 is 1.24 bits per heavy atom. The minimum absolute atomic E-state index is 0.341. The van der Waals surface area contributed by atoms with E-state index in [1.807, 2.05) is 13.0 Å². The van der Waals surface area contributed by atoms with Gasteiger partial charge in [-0.15, -0.1) is 11.6 Å². The second-order valence-corrected chi connectivity index (χ2v) is 4.20. The molecule has 0 saturated carbocycles. The largest absolute Gasteiger partial charge is 0.437 e. The van der Waals surface area contributed by atoms with E-state index in [0.717, 1.165) is 5.56 Å². The van der Waals surface area contributed by atoms with Crippen molar-refractivity contribution in [1.29, 1.82) is 0 Å². The highest BCUT2D eigenvalue weighted by Gasteiger charge is 2.03. The molecule has 88 valence electrons. The van der Waals surface area contributed by atoms with Crippen LogP contribution in [0.5, 0.6) is 11.6 Å². The zero-order valence-electron chi connectivity index (χ0n) is 9.15. The summed E-state index contributed by atoms with van der Waals surface area (Å²) in [6, 6.07) is 5.40. The maximum atomic E-state index is 5.86. The van der Waals surface area contributed by atoms with Crippen molar-refractivity contribution in [1.82, 2.24) is 9.97 Å². The summed E-state index contributed by atoms with van der Waals surface area (Å²) in [5.74, 6) is 1.49. The summed E-state index contributed by atoms with van der Waals surface area (Å²) in [5.41, 5.74) is 1.66. The number of rotatable bonds is 3. The third kappa shape index (κ3) is 3.08. The second kappa shape index (κ2) is 5.34. The maximum absolute atomic E-state index is 5.86. The molecule has 0 radical (unpaired) electrons. The Bertz CT molecular complexity index is 514. The molecule has 0 amide bonds. The number of alkyl halides is 1. The molecule has 2 aromatic rings. The van der Waals surface area contributed by atoms with Gasteiger partial charge in [0.2, 0.25) is 5.88 Å². The zero-order valence-corrected chi connectivity index (χ0v) is 10.7. The SMILES string of the molecule is Cc1cc(Cl)ccc1Oc1cnc(CCl)cn1. The van der Waals surface area contributed by atoms with Crippen LogP contribution >= 0.6 is 23.2 Å². The van der Waals surface area contributed by atoms with Gasteiger partial charge in [-0.3, -0.25) is 4.98 Å². The number of ether oxygens (including phenoxy) is 1. The number of benzene rings is 1. The fourth-order valence-electron chi connectivity index (χ4n) is 1.30. The van der Waals surface area contributed by atoms with Crippen molar-refractivity contribution < 1.29 is 4.74 Å². The van der Waals surface area contributed by atoms with Crippen molar-refractivity contribution >= 4 is 23.2 Å². The van der Waals surface area contributed by atoms with Gasteiger partial charge in [-0.25, -0.2) is 4.98 Å². The lowest BCUT2D eigenvalue weighted by atomic mass is 10.2. The van der Waals surface area contributed by atoms with Gasteiger partial charge in [0.15, 0.2) is 0 Å². The molecule has 1 aromatic heterocycles. The van der Waals surface area contributed by atoms with Gasteiger partial charge in [0.1, 0.15) is 5.75 Å². The van der Waals surface area contributed by atoms with Crippen LogP contribution in [0, 0.1) is 6.92 Å². The van der Waals surface area contributed by atoms with E-state index in [-0.39, 0.29) is 0 Å². The Balaban J connectivity index is 2.19. The average molecular weight is 269 g/mol. The van der Waals surface area contributed by atoms with Crippen LogP contribution < -0.4 is 4.74 Å². The van der Waals surface area contributed by atoms with Crippen LogP contribution in [0.2, 0.25) is 5.02 Å². The normalized spacial score (nSPS) is 10.3. The fraction of sp³-hybridized carbons (Fsp3) is 0.167. The van der Waals surface area contributed by atoms with Gasteiger partial charge in [-0.2, -0.15) is 0 Å². The zero-order chi connectivity index (χ0) is 12.3. The second-order valence-electron chi connectivity index (χ2n) is 3.49. The first kappa shape index (κ1) is 12.1. The molecule has 1 aromatic carbocycles. The molecule has 0 saturated heterocycles. The first-order valence-electron chi connectivity index (χ1n) is 5.00. The molecule has 2 rings (SSSR count). The topological polar surface area (TPSA) is 35.0 Å². The fourth-order valence-corrected chi connectivity index (χ4v) is 1.67. The Hall–Kier alpha value is -1.32. The van der Waals surface area contributed by atoms with Gasteiger partial charge >= 0.3 is 0 Å². The smallest absolute Gasteiger partial charge is 0.237 e. The summed E-state index contributed by atoms with van der Waals surface area (Å²) in [7, 11) is 0. The lowest BCUT2D eigenvalue weighted by molar-refractivity contribution is 0.456. The lowest BCUT2D eigenvalue weighted by Gasteiger charge is -2.07. The van der Waals surface area contributed by atoms with Crippen LogP contribution in [0.25, 0.3) is 0 Å². The summed E-state index contributed by atoms with van der Waals surface area (Å²) in [5, 5.41) is 0.679. The highest BCUT2D eigenvalue weighted by Crippen LogP contribution is 2.25. The molecule has 1 heterocycles. The highest BCUT2D eigenvalue weighted by molar-refractivity contribution is 6.30. The number of hydrogen-bond acceptors (Lipinski definition) is 3. The molecule has 0 aliphatic carbocycles. The molecule has 0 N–H and O–H groups in total. The molecule has 0 bridgehead atoms. The third-order valence-corrected chi connectivity index (χ3v) is 2.68. The first-order chi connectivity index (χ1) is 8.19. The van der Waals surface area contributed by atoms with Gasteiger partial charge in [0.05, 0.1) is 24.0 Å². The molecule has 17 heavy (non-hydrogen) atoms. The van der Waals surface area contributed by atoms with Crippen LogP contribution in [0.1, 0.15) is 11.3 Å². The molecular formula is C12H10Cl2N2O. The maximum Gasteiger partial charge on any atom is 0.237 e. The van der Waals surface area contributed by atoms with Crippen LogP contribution in [0.15, 0.2) is 30.6 Å². The molecule has 0 spiro atoms. The highest BCUT2D eigenvalue weighted by atomic mass is 35.5. The number of nitrogens with zero attached hydrogens (tertiary/aromatic N) is 2. The van der Waals surface area contributed by atoms with Crippen molar-refractivity contribution in [3.8, 4) is 11.6 Å². The Morgan fingerprint density at radius 2 is 2.06 bits per heavy atom. The molecule has 0 fully saturated rings. The minimum atomic E-state index is 0.341. The summed E-state index contributed by atoms with van der Waals surface area (Å²) >= 11 is 11.5. The van der Waals surface area contributed by atoms with Gasteiger partial charge in [0, 0.05) is 5.02 Å². The van der Waals surface area contributed by atoms with Crippen molar-refractivity contribution in [2.24, 2.45) is 0 Å². The van der Waals surface area contributed by atoms with Gasteiger partial charge in [-0.1, -0.05) is 11.6 Å². The first-order valence-corrected chi connectivity index (χ1v) is 5.91. The monoisotopic (exact) mass is 268 g/mol. The standard InChI is InChI=1S/C12H10Cl2N2O/c1-8-4-9(14)2-3-11(8)17-12-7-15-10(5-13)6-16-12/h2-4,6-7H,5H2,1H3. The third-order valence-electron chi connectivity index (χ3n) is 2.17. The molecule has 0 aliphatic heterocycles. The van der Waals surface area contributed by atoms with Crippen LogP contribution in [-0.4, -0.2) is 9.97 Å². The van der Waals surface area contributed by atoms with E-state index in [9.17, 15) is 0 Å². The quantitative estimate of drug-likeness (QED) is 0.791. The van der Waals surface area contributed by atoms with E-state index in [1.165, 1.54) is 0 Å². The summed E-state index contributed by atoms with van der Waals surface area (Å²) in [6.45, 7) is 1.92. The van der Waals surface area contributed by atoms with Crippen LogP contribution in [0.3, 0.4) is 0 Å². The van der Waals surface area contributed by atoms with Crippen LogP contribution in [0.4, 0.5) is 0 Å². The van der Waals surface area contributed by atoms with E-state index in [4.69, 9.17) is 27.9 Å². The van der Waals surface area contributed by atoms with E-state index < -0.39 is 0 Å². The van der Waals surface area contributed by atoms with E-state index in [1.54, 1.807) is 24.5 Å². The van der Waals surface area contributed by atoms with E-state index in [2.05, 4.69) is 9.97 Å². The molecule has 3 nitrogen and oxygen atoms in total. The Labute approximate surface area is 109 Å². The predicted octanol–water partition coefficient (Wildman–Crippen LogP) is 3.97. The van der Waals surface area contributed by atoms with Gasteiger partial charge < -0.3 is 4.74 Å². The van der Waals surface area contributed by atoms with Gasteiger partial charge in [0.25, 0.3) is 0 Å². The van der Waals surface area contributed by atoms with Crippen molar-refractivity contribution in [3.05, 3.63) is 46.9 Å².